The number of aliphatic hydroxyl groups excluding tert-OH is 2. The Kier molecular flexibility index (Phi) is 7.46. The van der Waals surface area contributed by atoms with E-state index < -0.39 is 29.2 Å². The van der Waals surface area contributed by atoms with Gasteiger partial charge < -0.3 is 20.3 Å². The molecule has 3 saturated carbocycles. The molecule has 1 amide bonds. The number of aliphatic hydroxyl groups is 2. The largest absolute Gasteiger partial charge is 0.484 e. The van der Waals surface area contributed by atoms with Gasteiger partial charge in [0.15, 0.2) is 6.61 Å². The Hall–Kier alpha value is -2.27. The zero-order valence-electron chi connectivity index (χ0n) is 20.8. The highest BCUT2D eigenvalue weighted by molar-refractivity contribution is 6.30. The summed E-state index contributed by atoms with van der Waals surface area (Å²) in [5.74, 6) is -0.780. The summed E-state index contributed by atoms with van der Waals surface area (Å²) in [6.45, 7) is -0.290. The summed E-state index contributed by atoms with van der Waals surface area (Å²) < 4.78 is 19.0. The van der Waals surface area contributed by atoms with E-state index >= 15 is 0 Å². The van der Waals surface area contributed by atoms with Crippen LogP contribution in [0.4, 0.5) is 4.39 Å². The first-order valence-corrected chi connectivity index (χ1v) is 13.1. The molecule has 37 heavy (non-hydrogen) atoms. The number of hydrogen-bond acceptors (Lipinski definition) is 7. The van der Waals surface area contributed by atoms with Gasteiger partial charge in [0, 0.05) is 24.7 Å². The van der Waals surface area contributed by atoms with Gasteiger partial charge >= 0.3 is 0 Å². The van der Waals surface area contributed by atoms with Crippen molar-refractivity contribution in [1.82, 2.24) is 21.1 Å². The van der Waals surface area contributed by atoms with Gasteiger partial charge in [-0.15, -0.1) is 0 Å². The van der Waals surface area contributed by atoms with Crippen LogP contribution < -0.4 is 20.8 Å². The van der Waals surface area contributed by atoms with E-state index in [1.165, 1.54) is 17.7 Å². The van der Waals surface area contributed by atoms with Crippen molar-refractivity contribution < 1.29 is 24.1 Å². The maximum Gasteiger partial charge on any atom is 0.258 e. The summed E-state index contributed by atoms with van der Waals surface area (Å²) in [5.41, 5.74) is 3.49. The summed E-state index contributed by atoms with van der Waals surface area (Å²) >= 11 is 5.68. The number of fused-ring (bicyclic) bond motifs is 3. The number of halogens is 2. The number of hydrazine groups is 1. The molecule has 200 valence electrons. The smallest absolute Gasteiger partial charge is 0.258 e. The number of carbonyl (C=O) groups excluding carboxylic acids is 1. The Morgan fingerprint density at radius 1 is 1.24 bits per heavy atom. The maximum absolute atomic E-state index is 13.6. The molecule has 1 aliphatic heterocycles. The third-order valence-electron chi connectivity index (χ3n) is 8.33. The summed E-state index contributed by atoms with van der Waals surface area (Å²) in [6.07, 6.45) is 2.26. The highest BCUT2D eigenvalue weighted by atomic mass is 35.5. The van der Waals surface area contributed by atoms with Crippen LogP contribution in [0.5, 0.6) is 5.75 Å². The van der Waals surface area contributed by atoms with Gasteiger partial charge in [-0.25, -0.2) is 14.8 Å². The molecule has 8 nitrogen and oxygen atoms in total. The molecule has 2 bridgehead atoms. The van der Waals surface area contributed by atoms with E-state index in [4.69, 9.17) is 16.3 Å². The normalized spacial score (nSPS) is 32.3. The molecule has 4 atom stereocenters. The fraction of sp³-hybridized carbons (Fsp3) is 0.519. The van der Waals surface area contributed by atoms with Crippen molar-refractivity contribution in [2.45, 2.75) is 74.0 Å². The second-order valence-corrected chi connectivity index (χ2v) is 11.1. The number of nitrogens with one attached hydrogen (secondary N) is 3. The Bertz CT molecular complexity index is 1110. The first kappa shape index (κ1) is 26.3. The van der Waals surface area contributed by atoms with Crippen LogP contribution >= 0.6 is 11.6 Å². The predicted molar refractivity (Wildman–Crippen MR) is 137 cm³/mol. The van der Waals surface area contributed by atoms with Crippen LogP contribution in [0.2, 0.25) is 5.02 Å². The van der Waals surface area contributed by atoms with Gasteiger partial charge in [0.1, 0.15) is 17.8 Å². The van der Waals surface area contributed by atoms with Gasteiger partial charge in [-0.2, -0.15) is 0 Å². The molecule has 4 fully saturated rings. The Morgan fingerprint density at radius 3 is 2.65 bits per heavy atom. The van der Waals surface area contributed by atoms with Crippen LogP contribution in [-0.2, 0) is 4.79 Å². The number of amides is 1. The lowest BCUT2D eigenvalue weighted by Gasteiger charge is -2.57. The Morgan fingerprint density at radius 2 is 1.97 bits per heavy atom. The second kappa shape index (κ2) is 10.5. The highest BCUT2D eigenvalue weighted by Gasteiger charge is 2.55. The standard InChI is InChI=1S/C27H34ClFN4O4/c1-33-22(14-21(32-33)17-5-3-2-4-6-17)25(36)31-26-9-11-27(12-10-26,23(34)15-26)30-24(35)16-37-18-7-8-19(28)20(29)13-18/h2-8,13,21-23,25,31-32,34,36H,9-12,14-16H2,1H3,(H,30,35)/t21?,22?,23-,25?,26?,27?/m0/s1. The molecule has 10 heteroatoms. The van der Waals surface area contributed by atoms with Crippen LogP contribution in [0.15, 0.2) is 48.5 Å². The maximum atomic E-state index is 13.6. The van der Waals surface area contributed by atoms with Crippen molar-refractivity contribution >= 4 is 17.5 Å². The van der Waals surface area contributed by atoms with Crippen molar-refractivity contribution in [3.63, 3.8) is 0 Å². The lowest BCUT2D eigenvalue weighted by atomic mass is 9.59. The number of likely N-dealkylation sites (N-methyl/N-ethyl adjacent to an activating group) is 1. The Balaban J connectivity index is 1.15. The van der Waals surface area contributed by atoms with E-state index in [1.807, 2.05) is 30.3 Å². The third kappa shape index (κ3) is 5.48. The molecule has 1 heterocycles. The van der Waals surface area contributed by atoms with E-state index in [1.54, 1.807) is 0 Å². The number of benzene rings is 2. The molecule has 4 aliphatic rings. The zero-order valence-corrected chi connectivity index (χ0v) is 21.5. The lowest BCUT2D eigenvalue weighted by molar-refractivity contribution is -0.134. The van der Waals surface area contributed by atoms with Gasteiger partial charge in [0.25, 0.3) is 5.91 Å². The van der Waals surface area contributed by atoms with Crippen LogP contribution in [0.3, 0.4) is 0 Å². The molecule has 1 saturated heterocycles. The van der Waals surface area contributed by atoms with Crippen molar-refractivity contribution in [3.05, 3.63) is 64.9 Å². The summed E-state index contributed by atoms with van der Waals surface area (Å²) in [7, 11) is 1.94. The third-order valence-corrected chi connectivity index (χ3v) is 8.63. The SMILES string of the molecule is CN1NC(c2ccccc2)CC1C(O)NC12CCC(NC(=O)COc3ccc(Cl)c(F)c3)(CC1)[C@@H](O)C2. The number of carbonyl (C=O) groups is 1. The molecule has 0 aromatic heterocycles. The quantitative estimate of drug-likeness (QED) is 0.333. The van der Waals surface area contributed by atoms with Crippen LogP contribution in [0.25, 0.3) is 0 Å². The second-order valence-electron chi connectivity index (χ2n) is 10.7. The minimum absolute atomic E-state index is 0.0164. The molecular formula is C27H34ClFN4O4. The average Bonchev–Trinajstić information content (AvgIpc) is 3.28. The fourth-order valence-electron chi connectivity index (χ4n) is 6.16. The number of nitrogens with zero attached hydrogens (tertiary/aromatic N) is 1. The highest BCUT2D eigenvalue weighted by Crippen LogP contribution is 2.47. The first-order chi connectivity index (χ1) is 17.7. The van der Waals surface area contributed by atoms with Gasteiger partial charge in [-0.3, -0.25) is 10.1 Å². The molecule has 0 radical (unpaired) electrons. The molecule has 5 N–H and O–H groups in total. The van der Waals surface area contributed by atoms with Crippen LogP contribution in [0, 0.1) is 5.82 Å². The molecule has 2 aromatic carbocycles. The molecule has 3 aliphatic carbocycles. The number of rotatable bonds is 8. The minimum atomic E-state index is -0.772. The number of ether oxygens (including phenoxy) is 1. The summed E-state index contributed by atoms with van der Waals surface area (Å²) in [4.78, 5) is 12.6. The minimum Gasteiger partial charge on any atom is -0.484 e. The van der Waals surface area contributed by atoms with E-state index in [2.05, 4.69) is 28.2 Å². The predicted octanol–water partition coefficient (Wildman–Crippen LogP) is 2.65. The van der Waals surface area contributed by atoms with Crippen LogP contribution in [0.1, 0.15) is 50.1 Å². The topological polar surface area (TPSA) is 106 Å². The molecule has 3 unspecified atom stereocenters. The Labute approximate surface area is 221 Å². The summed E-state index contributed by atoms with van der Waals surface area (Å²) in [5, 5.41) is 30.6. The molecule has 0 spiro atoms. The van der Waals surface area contributed by atoms with E-state index in [0.29, 0.717) is 19.3 Å². The van der Waals surface area contributed by atoms with E-state index in [9.17, 15) is 19.4 Å². The molecule has 2 aromatic rings. The van der Waals surface area contributed by atoms with E-state index in [-0.39, 0.29) is 35.4 Å². The molecule has 6 rings (SSSR count). The van der Waals surface area contributed by atoms with Gasteiger partial charge in [-0.1, -0.05) is 41.9 Å². The first-order valence-electron chi connectivity index (χ1n) is 12.8. The van der Waals surface area contributed by atoms with Crippen molar-refractivity contribution in [1.29, 1.82) is 0 Å². The van der Waals surface area contributed by atoms with Gasteiger partial charge in [0.2, 0.25) is 0 Å². The van der Waals surface area contributed by atoms with Crippen molar-refractivity contribution in [3.8, 4) is 5.75 Å². The lowest BCUT2D eigenvalue weighted by Crippen LogP contribution is -2.71. The monoisotopic (exact) mass is 532 g/mol. The van der Waals surface area contributed by atoms with Crippen molar-refractivity contribution in [2.24, 2.45) is 0 Å². The van der Waals surface area contributed by atoms with Gasteiger partial charge in [-0.05, 0) is 56.2 Å². The molecular weight excluding hydrogens is 499 g/mol. The number of hydrogen-bond donors (Lipinski definition) is 5. The van der Waals surface area contributed by atoms with E-state index in [0.717, 1.165) is 25.3 Å². The average molecular weight is 533 g/mol. The van der Waals surface area contributed by atoms with Crippen molar-refractivity contribution in [2.75, 3.05) is 13.7 Å². The zero-order chi connectivity index (χ0) is 26.2. The fourth-order valence-corrected chi connectivity index (χ4v) is 6.28. The van der Waals surface area contributed by atoms with Crippen LogP contribution in [-0.4, -0.2) is 64.2 Å². The summed E-state index contributed by atoms with van der Waals surface area (Å²) in [6, 6.07) is 14.2. The van der Waals surface area contributed by atoms with Gasteiger partial charge in [0.05, 0.1) is 22.7 Å².